The Kier molecular flexibility index (Phi) is 8.60. The Labute approximate surface area is 178 Å². The number of hydrogen-bond acceptors (Lipinski definition) is 4. The first-order valence-corrected chi connectivity index (χ1v) is 11.0. The van der Waals surface area contributed by atoms with Gasteiger partial charge >= 0.3 is 0 Å². The highest BCUT2D eigenvalue weighted by molar-refractivity contribution is 5.96. The van der Waals surface area contributed by atoms with Crippen molar-refractivity contribution in [3.05, 3.63) is 71.3 Å². The molecule has 1 aliphatic carbocycles. The lowest BCUT2D eigenvalue weighted by Gasteiger charge is -2.07. The van der Waals surface area contributed by atoms with Crippen LogP contribution in [-0.2, 0) is 11.3 Å². The maximum Gasteiger partial charge on any atom is 0.243 e. The third-order valence-electron chi connectivity index (χ3n) is 5.79. The summed E-state index contributed by atoms with van der Waals surface area (Å²) in [7, 11) is 0. The summed E-state index contributed by atoms with van der Waals surface area (Å²) < 4.78 is 0. The predicted octanol–water partition coefficient (Wildman–Crippen LogP) is 4.75. The Morgan fingerprint density at radius 1 is 0.867 bits per heavy atom. The zero-order valence-corrected chi connectivity index (χ0v) is 17.5. The quantitative estimate of drug-likeness (QED) is 0.193. The van der Waals surface area contributed by atoms with E-state index in [2.05, 4.69) is 35.6 Å². The van der Waals surface area contributed by atoms with Crippen LogP contribution in [0.2, 0.25) is 0 Å². The number of ketones is 1. The second-order valence-electron chi connectivity index (χ2n) is 8.16. The Hall–Kier alpha value is -2.50. The second-order valence-corrected chi connectivity index (χ2v) is 8.16. The summed E-state index contributed by atoms with van der Waals surface area (Å²) in [4.78, 5) is 23.3. The van der Waals surface area contributed by atoms with Crippen molar-refractivity contribution < 1.29 is 14.8 Å². The molecule has 0 bridgehead atoms. The van der Waals surface area contributed by atoms with Crippen LogP contribution in [0.3, 0.4) is 0 Å². The smallest absolute Gasteiger partial charge is 0.243 e. The lowest BCUT2D eigenvalue weighted by molar-refractivity contribution is -0.129. The Morgan fingerprint density at radius 3 is 2.23 bits per heavy atom. The van der Waals surface area contributed by atoms with Crippen LogP contribution in [0, 0.1) is 0 Å². The van der Waals surface area contributed by atoms with Crippen molar-refractivity contribution in [3.8, 4) is 0 Å². The molecule has 3 N–H and O–H groups in total. The van der Waals surface area contributed by atoms with Crippen LogP contribution < -0.4 is 10.8 Å². The molecule has 1 amide bonds. The SMILES string of the molecule is O=C(CCCCCCCC(=O)c1ccc(CNC2CC2c2ccccc2)cc1)NO. The predicted molar refractivity (Wildman–Crippen MR) is 117 cm³/mol. The zero-order valence-electron chi connectivity index (χ0n) is 17.5. The largest absolute Gasteiger partial charge is 0.309 e. The first-order valence-electron chi connectivity index (χ1n) is 11.0. The summed E-state index contributed by atoms with van der Waals surface area (Å²) in [6.07, 6.45) is 6.67. The van der Waals surface area contributed by atoms with Gasteiger partial charge in [-0.1, -0.05) is 73.9 Å². The van der Waals surface area contributed by atoms with Crippen LogP contribution in [0.15, 0.2) is 54.6 Å². The molecule has 0 heterocycles. The average Bonchev–Trinajstić information content (AvgIpc) is 3.57. The van der Waals surface area contributed by atoms with Crippen molar-refractivity contribution in [3.63, 3.8) is 0 Å². The molecule has 5 nitrogen and oxygen atoms in total. The lowest BCUT2D eigenvalue weighted by Crippen LogP contribution is -2.17. The van der Waals surface area contributed by atoms with Gasteiger partial charge in [0.2, 0.25) is 5.91 Å². The van der Waals surface area contributed by atoms with Gasteiger partial charge in [0.05, 0.1) is 0 Å². The fourth-order valence-electron chi connectivity index (χ4n) is 3.85. The van der Waals surface area contributed by atoms with E-state index in [4.69, 9.17) is 5.21 Å². The van der Waals surface area contributed by atoms with Crippen LogP contribution in [0.1, 0.15) is 78.8 Å². The Balaban J connectivity index is 1.29. The summed E-state index contributed by atoms with van der Waals surface area (Å²) in [5, 5.41) is 12.0. The van der Waals surface area contributed by atoms with Gasteiger partial charge in [-0.3, -0.25) is 14.8 Å². The number of benzene rings is 2. The molecule has 0 aliphatic heterocycles. The fourth-order valence-corrected chi connectivity index (χ4v) is 3.85. The molecule has 2 atom stereocenters. The van der Waals surface area contributed by atoms with Crippen molar-refractivity contribution in [2.45, 2.75) is 69.9 Å². The topological polar surface area (TPSA) is 78.4 Å². The van der Waals surface area contributed by atoms with Gasteiger partial charge in [-0.15, -0.1) is 0 Å². The van der Waals surface area contributed by atoms with Crippen LogP contribution in [-0.4, -0.2) is 22.9 Å². The van der Waals surface area contributed by atoms with E-state index in [-0.39, 0.29) is 11.7 Å². The summed E-state index contributed by atoms with van der Waals surface area (Å²) >= 11 is 0. The summed E-state index contributed by atoms with van der Waals surface area (Å²) in [6.45, 7) is 0.830. The number of hydrogen-bond donors (Lipinski definition) is 3. The molecule has 0 saturated heterocycles. The standard InChI is InChI=1S/C25H32N2O3/c28-24(11-7-2-1-3-8-12-25(29)27-30)21-15-13-19(14-16-21)18-26-23-17-22(23)20-9-5-4-6-10-20/h4-6,9-10,13-16,22-23,26,30H,1-3,7-8,11-12,17-18H2,(H,27,29). The molecule has 0 spiro atoms. The number of unbranched alkanes of at least 4 members (excludes halogenated alkanes) is 4. The molecule has 0 aromatic heterocycles. The van der Waals surface area contributed by atoms with E-state index in [0.29, 0.717) is 24.8 Å². The number of rotatable bonds is 13. The third-order valence-corrected chi connectivity index (χ3v) is 5.79. The highest BCUT2D eigenvalue weighted by Gasteiger charge is 2.37. The summed E-state index contributed by atoms with van der Waals surface area (Å²) in [5.41, 5.74) is 5.04. The molecule has 30 heavy (non-hydrogen) atoms. The van der Waals surface area contributed by atoms with Gasteiger partial charge in [0.25, 0.3) is 0 Å². The lowest BCUT2D eigenvalue weighted by atomic mass is 10.0. The van der Waals surface area contributed by atoms with Crippen molar-refractivity contribution >= 4 is 11.7 Å². The van der Waals surface area contributed by atoms with E-state index in [1.165, 1.54) is 17.5 Å². The molecule has 1 saturated carbocycles. The molecular weight excluding hydrogens is 376 g/mol. The van der Waals surface area contributed by atoms with Gasteiger partial charge < -0.3 is 5.32 Å². The third kappa shape index (κ3) is 7.08. The van der Waals surface area contributed by atoms with E-state index in [9.17, 15) is 9.59 Å². The monoisotopic (exact) mass is 408 g/mol. The number of carbonyl (C=O) groups excluding carboxylic acids is 2. The van der Waals surface area contributed by atoms with Crippen molar-refractivity contribution in [1.29, 1.82) is 0 Å². The number of carbonyl (C=O) groups is 2. The van der Waals surface area contributed by atoms with E-state index >= 15 is 0 Å². The fraction of sp³-hybridized carbons (Fsp3) is 0.440. The van der Waals surface area contributed by atoms with Crippen LogP contribution in [0.5, 0.6) is 0 Å². The number of nitrogens with one attached hydrogen (secondary N) is 2. The molecule has 5 heteroatoms. The maximum atomic E-state index is 12.4. The molecule has 1 fully saturated rings. The molecular formula is C25H32N2O3. The summed E-state index contributed by atoms with van der Waals surface area (Å²) in [6, 6.07) is 19.2. The molecule has 2 aromatic rings. The van der Waals surface area contributed by atoms with E-state index in [0.717, 1.165) is 44.2 Å². The van der Waals surface area contributed by atoms with Gasteiger partial charge in [0.1, 0.15) is 0 Å². The number of Topliss-reactive ketones (excluding diaryl/α,β-unsaturated/α-hetero) is 1. The van der Waals surface area contributed by atoms with Gasteiger partial charge in [0.15, 0.2) is 5.78 Å². The highest BCUT2D eigenvalue weighted by Crippen LogP contribution is 2.40. The molecule has 0 radical (unpaired) electrons. The van der Waals surface area contributed by atoms with Crippen molar-refractivity contribution in [1.82, 2.24) is 10.8 Å². The van der Waals surface area contributed by atoms with Gasteiger partial charge in [-0.25, -0.2) is 5.48 Å². The average molecular weight is 409 g/mol. The number of hydroxylamine groups is 1. The van der Waals surface area contributed by atoms with E-state index in [1.54, 1.807) is 5.48 Å². The summed E-state index contributed by atoms with van der Waals surface area (Å²) in [5.74, 6) is 0.483. The zero-order chi connectivity index (χ0) is 21.2. The molecule has 160 valence electrons. The van der Waals surface area contributed by atoms with E-state index < -0.39 is 0 Å². The molecule has 3 rings (SSSR count). The minimum atomic E-state index is -0.336. The van der Waals surface area contributed by atoms with Crippen molar-refractivity contribution in [2.24, 2.45) is 0 Å². The Morgan fingerprint density at radius 2 is 1.53 bits per heavy atom. The van der Waals surface area contributed by atoms with Crippen molar-refractivity contribution in [2.75, 3.05) is 0 Å². The highest BCUT2D eigenvalue weighted by atomic mass is 16.5. The minimum absolute atomic E-state index is 0.195. The van der Waals surface area contributed by atoms with E-state index in [1.807, 2.05) is 24.3 Å². The minimum Gasteiger partial charge on any atom is -0.309 e. The van der Waals surface area contributed by atoms with Gasteiger partial charge in [-0.2, -0.15) is 0 Å². The Bertz CT molecular complexity index is 805. The molecule has 1 aliphatic rings. The first-order chi connectivity index (χ1) is 14.7. The maximum absolute atomic E-state index is 12.4. The second kappa shape index (κ2) is 11.6. The van der Waals surface area contributed by atoms with Crippen LogP contribution in [0.4, 0.5) is 0 Å². The van der Waals surface area contributed by atoms with Crippen LogP contribution >= 0.6 is 0 Å². The van der Waals surface area contributed by atoms with Crippen LogP contribution in [0.25, 0.3) is 0 Å². The molecule has 2 unspecified atom stereocenters. The van der Waals surface area contributed by atoms with Gasteiger partial charge in [-0.05, 0) is 30.4 Å². The molecule has 2 aromatic carbocycles. The first kappa shape index (κ1) is 22.2. The number of amides is 1. The normalized spacial score (nSPS) is 17.5. The van der Waals surface area contributed by atoms with Gasteiger partial charge in [0, 0.05) is 36.9 Å².